The van der Waals surface area contributed by atoms with Crippen LogP contribution in [0.4, 0.5) is 5.69 Å². The number of nitrogens with two attached hydrogens (primary N) is 1. The molecule has 6 heteroatoms. The highest BCUT2D eigenvalue weighted by Gasteiger charge is 2.41. The summed E-state index contributed by atoms with van der Waals surface area (Å²) in [5.74, 6) is 0.863. The van der Waals surface area contributed by atoms with Crippen LogP contribution >= 0.6 is 11.6 Å². The second-order valence-electron chi connectivity index (χ2n) is 8.34. The Morgan fingerprint density at radius 2 is 1.81 bits per heavy atom. The van der Waals surface area contributed by atoms with Gasteiger partial charge >= 0.3 is 0 Å². The number of rotatable bonds is 3. The Labute approximate surface area is 165 Å². The summed E-state index contributed by atoms with van der Waals surface area (Å²) in [4.78, 5) is 27.6. The van der Waals surface area contributed by atoms with Crippen molar-refractivity contribution in [2.45, 2.75) is 57.0 Å². The van der Waals surface area contributed by atoms with Gasteiger partial charge in [-0.1, -0.05) is 30.2 Å². The number of hydrogen-bond donors (Lipinski definition) is 2. The van der Waals surface area contributed by atoms with Crippen LogP contribution in [0.5, 0.6) is 0 Å². The standard InChI is InChI=1S/C21H28ClN3O2/c22-16-7-1-2-9-18(16)25-10-4-8-17(21(25)27)24-20(26)15-11-13-5-3-6-14(12-15)19(13)23/h1-2,7,9,13-15,17,19H,3-6,8,10-12,23H2,(H,24,26). The van der Waals surface area contributed by atoms with Crippen LogP contribution in [0, 0.1) is 17.8 Å². The average Bonchev–Trinajstić information content (AvgIpc) is 2.64. The Bertz CT molecular complexity index is 711. The maximum Gasteiger partial charge on any atom is 0.249 e. The van der Waals surface area contributed by atoms with Crippen molar-refractivity contribution in [1.82, 2.24) is 5.32 Å². The van der Waals surface area contributed by atoms with E-state index in [2.05, 4.69) is 5.32 Å². The minimum Gasteiger partial charge on any atom is -0.344 e. The maximum atomic E-state index is 13.0. The SMILES string of the molecule is NC1C2CCCC1CC(C(=O)NC1CCCN(c3ccccc3Cl)C1=O)C2. The smallest absolute Gasteiger partial charge is 0.249 e. The van der Waals surface area contributed by atoms with Gasteiger partial charge in [0.05, 0.1) is 10.7 Å². The summed E-state index contributed by atoms with van der Waals surface area (Å²) in [6.07, 6.45) is 6.74. The summed E-state index contributed by atoms with van der Waals surface area (Å²) in [6, 6.07) is 7.16. The van der Waals surface area contributed by atoms with Crippen molar-refractivity contribution >= 4 is 29.1 Å². The number of fused-ring (bicyclic) bond motifs is 2. The first-order valence-corrected chi connectivity index (χ1v) is 10.5. The van der Waals surface area contributed by atoms with Crippen molar-refractivity contribution in [3.05, 3.63) is 29.3 Å². The van der Waals surface area contributed by atoms with Crippen LogP contribution in [0.2, 0.25) is 5.02 Å². The molecule has 0 radical (unpaired) electrons. The summed E-state index contributed by atoms with van der Waals surface area (Å²) < 4.78 is 0. The lowest BCUT2D eigenvalue weighted by molar-refractivity contribution is -0.132. The van der Waals surface area contributed by atoms with Crippen molar-refractivity contribution in [3.63, 3.8) is 0 Å². The highest BCUT2D eigenvalue weighted by Crippen LogP contribution is 2.42. The first kappa shape index (κ1) is 18.8. The molecule has 0 spiro atoms. The minimum atomic E-state index is -0.460. The van der Waals surface area contributed by atoms with Crippen molar-refractivity contribution in [1.29, 1.82) is 0 Å². The van der Waals surface area contributed by atoms with Crippen molar-refractivity contribution < 1.29 is 9.59 Å². The second-order valence-corrected chi connectivity index (χ2v) is 8.75. The molecule has 1 saturated heterocycles. The summed E-state index contributed by atoms with van der Waals surface area (Å²) in [6.45, 7) is 0.636. The third kappa shape index (κ3) is 3.72. The molecule has 1 aromatic carbocycles. The van der Waals surface area contributed by atoms with E-state index >= 15 is 0 Å². The first-order valence-electron chi connectivity index (χ1n) is 10.2. The maximum absolute atomic E-state index is 13.0. The molecule has 3 unspecified atom stereocenters. The Hall–Kier alpha value is -1.59. The second kappa shape index (κ2) is 7.80. The lowest BCUT2D eigenvalue weighted by atomic mass is 9.65. The molecule has 1 aromatic rings. The summed E-state index contributed by atoms with van der Waals surface area (Å²) >= 11 is 6.27. The van der Waals surface area contributed by atoms with E-state index in [0.29, 0.717) is 29.8 Å². The Balaban J connectivity index is 1.42. The number of anilines is 1. The monoisotopic (exact) mass is 389 g/mol. The van der Waals surface area contributed by atoms with E-state index in [1.807, 2.05) is 18.2 Å². The number of carbonyl (C=O) groups is 2. The summed E-state index contributed by atoms with van der Waals surface area (Å²) in [5, 5.41) is 3.61. The van der Waals surface area contributed by atoms with Gasteiger partial charge < -0.3 is 16.0 Å². The van der Waals surface area contributed by atoms with E-state index < -0.39 is 6.04 Å². The average molecular weight is 390 g/mol. The van der Waals surface area contributed by atoms with E-state index in [-0.39, 0.29) is 23.8 Å². The topological polar surface area (TPSA) is 75.4 Å². The van der Waals surface area contributed by atoms with Gasteiger partial charge in [-0.25, -0.2) is 0 Å². The third-order valence-electron chi connectivity index (χ3n) is 6.68. The molecular formula is C21H28ClN3O2. The molecular weight excluding hydrogens is 362 g/mol. The number of piperidine rings is 1. The van der Waals surface area contributed by atoms with Crippen LogP contribution in [0.3, 0.4) is 0 Å². The molecule has 4 rings (SSSR count). The molecule has 146 valence electrons. The van der Waals surface area contributed by atoms with Gasteiger partial charge in [0, 0.05) is 18.5 Å². The molecule has 2 aliphatic carbocycles. The van der Waals surface area contributed by atoms with Gasteiger partial charge in [0.2, 0.25) is 11.8 Å². The van der Waals surface area contributed by atoms with Gasteiger partial charge in [-0.05, 0) is 62.5 Å². The highest BCUT2D eigenvalue weighted by atomic mass is 35.5. The molecule has 3 atom stereocenters. The van der Waals surface area contributed by atoms with Crippen molar-refractivity contribution in [3.8, 4) is 0 Å². The van der Waals surface area contributed by atoms with Crippen LogP contribution in [0.1, 0.15) is 44.9 Å². The van der Waals surface area contributed by atoms with Crippen LogP contribution in [-0.4, -0.2) is 30.4 Å². The fraction of sp³-hybridized carbons (Fsp3) is 0.619. The predicted molar refractivity (Wildman–Crippen MR) is 107 cm³/mol. The molecule has 2 amide bonds. The first-order chi connectivity index (χ1) is 13.0. The van der Waals surface area contributed by atoms with Gasteiger partial charge in [-0.2, -0.15) is 0 Å². The lowest BCUT2D eigenvalue weighted by Crippen LogP contribution is -2.55. The molecule has 2 bridgehead atoms. The number of nitrogens with zero attached hydrogens (tertiary/aromatic N) is 1. The normalized spacial score (nSPS) is 33.6. The Morgan fingerprint density at radius 3 is 2.52 bits per heavy atom. The van der Waals surface area contributed by atoms with Gasteiger partial charge in [0.15, 0.2) is 0 Å². The van der Waals surface area contributed by atoms with Crippen LogP contribution < -0.4 is 16.0 Å². The number of amides is 2. The predicted octanol–water partition coefficient (Wildman–Crippen LogP) is 3.11. The number of nitrogens with one attached hydrogen (secondary N) is 1. The molecule has 0 aromatic heterocycles. The molecule has 27 heavy (non-hydrogen) atoms. The van der Waals surface area contributed by atoms with Crippen molar-refractivity contribution in [2.75, 3.05) is 11.4 Å². The number of benzene rings is 1. The van der Waals surface area contributed by atoms with Gasteiger partial charge in [0.1, 0.15) is 6.04 Å². The van der Waals surface area contributed by atoms with Gasteiger partial charge in [-0.3, -0.25) is 9.59 Å². The number of hydrogen-bond acceptors (Lipinski definition) is 3. The molecule has 1 aliphatic heterocycles. The Morgan fingerprint density at radius 1 is 1.11 bits per heavy atom. The molecule has 3 N–H and O–H groups in total. The number of carbonyl (C=O) groups excluding carboxylic acids is 2. The van der Waals surface area contributed by atoms with E-state index in [1.165, 1.54) is 6.42 Å². The summed E-state index contributed by atoms with van der Waals surface area (Å²) in [5.41, 5.74) is 7.07. The van der Waals surface area contributed by atoms with Crippen molar-refractivity contribution in [2.24, 2.45) is 23.5 Å². The zero-order valence-electron chi connectivity index (χ0n) is 15.6. The van der Waals surface area contributed by atoms with E-state index in [0.717, 1.165) is 37.8 Å². The largest absolute Gasteiger partial charge is 0.344 e. The fourth-order valence-electron chi connectivity index (χ4n) is 5.21. The van der Waals surface area contributed by atoms with Gasteiger partial charge in [0.25, 0.3) is 0 Å². The van der Waals surface area contributed by atoms with Crippen LogP contribution in [0.25, 0.3) is 0 Å². The molecule has 2 saturated carbocycles. The molecule has 3 aliphatic rings. The lowest BCUT2D eigenvalue weighted by Gasteiger charge is -2.44. The van der Waals surface area contributed by atoms with Crippen LogP contribution in [-0.2, 0) is 9.59 Å². The van der Waals surface area contributed by atoms with E-state index in [4.69, 9.17) is 17.3 Å². The minimum absolute atomic E-state index is 0.0106. The number of halogens is 1. The number of para-hydroxylation sites is 1. The van der Waals surface area contributed by atoms with E-state index in [9.17, 15) is 9.59 Å². The zero-order valence-corrected chi connectivity index (χ0v) is 16.3. The fourth-order valence-corrected chi connectivity index (χ4v) is 5.45. The molecule has 1 heterocycles. The zero-order chi connectivity index (χ0) is 19.0. The van der Waals surface area contributed by atoms with Crippen LogP contribution in [0.15, 0.2) is 24.3 Å². The molecule has 5 nitrogen and oxygen atoms in total. The van der Waals surface area contributed by atoms with Gasteiger partial charge in [-0.15, -0.1) is 0 Å². The summed E-state index contributed by atoms with van der Waals surface area (Å²) in [7, 11) is 0. The van der Waals surface area contributed by atoms with E-state index in [1.54, 1.807) is 11.0 Å². The molecule has 3 fully saturated rings. The third-order valence-corrected chi connectivity index (χ3v) is 7.00. The Kier molecular flexibility index (Phi) is 5.42. The quantitative estimate of drug-likeness (QED) is 0.834. The highest BCUT2D eigenvalue weighted by molar-refractivity contribution is 6.33.